The van der Waals surface area contributed by atoms with Gasteiger partial charge in [0.2, 0.25) is 10.0 Å². The summed E-state index contributed by atoms with van der Waals surface area (Å²) in [5.41, 5.74) is 0.255. The molecule has 0 saturated heterocycles. The van der Waals surface area contributed by atoms with E-state index in [0.717, 1.165) is 22.0 Å². The maximum absolute atomic E-state index is 13.0. The van der Waals surface area contributed by atoms with Gasteiger partial charge in [0.05, 0.1) is 22.7 Å². The molecular weight excluding hydrogens is 431 g/mol. The Hall–Kier alpha value is -3.05. The molecule has 11 heteroatoms. The highest BCUT2D eigenvalue weighted by Crippen LogP contribution is 2.33. The highest BCUT2D eigenvalue weighted by molar-refractivity contribution is 7.89. The lowest BCUT2D eigenvalue weighted by molar-refractivity contribution is -0.137. The summed E-state index contributed by atoms with van der Waals surface area (Å²) in [5.74, 6) is 1.56. The largest absolute Gasteiger partial charge is 0.416 e. The molecule has 0 aliphatic carbocycles. The molecule has 0 spiro atoms. The van der Waals surface area contributed by atoms with Crippen molar-refractivity contribution >= 4 is 21.7 Å². The van der Waals surface area contributed by atoms with E-state index in [0.29, 0.717) is 35.6 Å². The van der Waals surface area contributed by atoms with Crippen LogP contribution in [0.4, 0.5) is 24.8 Å². The van der Waals surface area contributed by atoms with E-state index in [2.05, 4.69) is 20.3 Å². The Morgan fingerprint density at radius 2 is 1.90 bits per heavy atom. The van der Waals surface area contributed by atoms with Crippen LogP contribution in [0, 0.1) is 6.92 Å². The van der Waals surface area contributed by atoms with E-state index in [-0.39, 0.29) is 13.1 Å². The van der Waals surface area contributed by atoms with Crippen LogP contribution in [-0.2, 0) is 29.2 Å². The Kier molecular flexibility index (Phi) is 5.40. The Morgan fingerprint density at radius 1 is 1.10 bits per heavy atom. The highest BCUT2D eigenvalue weighted by atomic mass is 32.2. The molecule has 0 radical (unpaired) electrons. The molecule has 0 bridgehead atoms. The van der Waals surface area contributed by atoms with Gasteiger partial charge in [-0.1, -0.05) is 12.1 Å². The minimum Gasteiger partial charge on any atom is -0.325 e. The van der Waals surface area contributed by atoms with Gasteiger partial charge < -0.3 is 5.32 Å². The number of pyridine rings is 1. The second-order valence-corrected chi connectivity index (χ2v) is 8.94. The molecule has 162 valence electrons. The zero-order chi connectivity index (χ0) is 22.2. The lowest BCUT2D eigenvalue weighted by Crippen LogP contribution is -2.37. The molecule has 3 aromatic rings. The fourth-order valence-corrected chi connectivity index (χ4v) is 4.83. The summed E-state index contributed by atoms with van der Waals surface area (Å²) in [6, 6.07) is 9.13. The third kappa shape index (κ3) is 4.37. The molecule has 4 rings (SSSR count). The van der Waals surface area contributed by atoms with Gasteiger partial charge >= 0.3 is 6.18 Å². The average molecular weight is 449 g/mol. The van der Waals surface area contributed by atoms with Crippen molar-refractivity contribution in [3.63, 3.8) is 0 Å². The first-order valence-corrected chi connectivity index (χ1v) is 10.8. The van der Waals surface area contributed by atoms with Gasteiger partial charge in [-0.3, -0.25) is 0 Å². The summed E-state index contributed by atoms with van der Waals surface area (Å²) in [5, 5.41) is 3.13. The fraction of sp³-hybridized carbons (Fsp3) is 0.250. The lowest BCUT2D eigenvalue weighted by Gasteiger charge is -2.28. The quantitative estimate of drug-likeness (QED) is 0.654. The molecule has 7 nitrogen and oxygen atoms in total. The molecule has 0 unspecified atom stereocenters. The van der Waals surface area contributed by atoms with Gasteiger partial charge in [-0.25, -0.2) is 23.4 Å². The van der Waals surface area contributed by atoms with Crippen LogP contribution in [0.1, 0.15) is 22.6 Å². The predicted octanol–water partition coefficient (Wildman–Crippen LogP) is 3.69. The zero-order valence-electron chi connectivity index (χ0n) is 16.4. The Bertz CT molecular complexity index is 1220. The minimum absolute atomic E-state index is 0.0613. The summed E-state index contributed by atoms with van der Waals surface area (Å²) >= 11 is 0. The molecule has 0 amide bonds. The van der Waals surface area contributed by atoms with Crippen molar-refractivity contribution < 1.29 is 21.6 Å². The first kappa shape index (κ1) is 21.2. The number of anilines is 2. The van der Waals surface area contributed by atoms with Crippen molar-refractivity contribution in [1.29, 1.82) is 0 Å². The molecule has 31 heavy (non-hydrogen) atoms. The van der Waals surface area contributed by atoms with Crippen LogP contribution in [0.2, 0.25) is 0 Å². The molecule has 1 aromatic carbocycles. The molecule has 0 fully saturated rings. The predicted molar refractivity (Wildman–Crippen MR) is 107 cm³/mol. The maximum atomic E-state index is 13.0. The van der Waals surface area contributed by atoms with Crippen molar-refractivity contribution in [1.82, 2.24) is 19.3 Å². The van der Waals surface area contributed by atoms with E-state index in [4.69, 9.17) is 0 Å². The number of fused-ring (bicyclic) bond motifs is 1. The molecule has 1 N–H and O–H groups in total. The van der Waals surface area contributed by atoms with Crippen LogP contribution >= 0.6 is 0 Å². The fourth-order valence-electron chi connectivity index (χ4n) is 3.38. The molecule has 0 saturated carbocycles. The number of sulfonamides is 1. The number of aryl methyl sites for hydroxylation is 1. The maximum Gasteiger partial charge on any atom is 0.416 e. The van der Waals surface area contributed by atoms with Crippen LogP contribution in [0.15, 0.2) is 53.6 Å². The highest BCUT2D eigenvalue weighted by Gasteiger charge is 2.34. The zero-order valence-corrected chi connectivity index (χ0v) is 17.2. The van der Waals surface area contributed by atoms with Crippen molar-refractivity contribution in [2.45, 2.75) is 31.0 Å². The number of benzene rings is 1. The second-order valence-electron chi connectivity index (χ2n) is 7.00. The third-order valence-electron chi connectivity index (χ3n) is 4.85. The molecule has 1 aliphatic rings. The van der Waals surface area contributed by atoms with E-state index in [1.54, 1.807) is 25.3 Å². The van der Waals surface area contributed by atoms with Crippen LogP contribution in [0.5, 0.6) is 0 Å². The summed E-state index contributed by atoms with van der Waals surface area (Å²) in [4.78, 5) is 12.6. The van der Waals surface area contributed by atoms with E-state index in [1.165, 1.54) is 6.07 Å². The Morgan fingerprint density at radius 3 is 2.61 bits per heavy atom. The summed E-state index contributed by atoms with van der Waals surface area (Å²) in [7, 11) is -4.13. The van der Waals surface area contributed by atoms with E-state index < -0.39 is 26.7 Å². The number of nitrogens with zero attached hydrogens (tertiary/aromatic N) is 4. The third-order valence-corrected chi connectivity index (χ3v) is 6.69. The van der Waals surface area contributed by atoms with Gasteiger partial charge in [-0.05, 0) is 43.7 Å². The Balaban J connectivity index is 1.65. The van der Waals surface area contributed by atoms with Gasteiger partial charge in [0.1, 0.15) is 17.5 Å². The first-order valence-electron chi connectivity index (χ1n) is 9.36. The SMILES string of the molecule is Cc1nc2c(c(Nc3ccccn3)n1)CCN(S(=O)(=O)c1cccc(C(F)(F)F)c1)C2. The summed E-state index contributed by atoms with van der Waals surface area (Å²) in [6.45, 7) is 1.72. The summed E-state index contributed by atoms with van der Waals surface area (Å²) < 4.78 is 66.3. The lowest BCUT2D eigenvalue weighted by atomic mass is 10.1. The summed E-state index contributed by atoms with van der Waals surface area (Å²) in [6.07, 6.45) is -2.69. The average Bonchev–Trinajstić information content (AvgIpc) is 2.73. The normalized spacial score (nSPS) is 14.8. The van der Waals surface area contributed by atoms with Crippen molar-refractivity contribution in [3.8, 4) is 0 Å². The van der Waals surface area contributed by atoms with E-state index in [9.17, 15) is 21.6 Å². The van der Waals surface area contributed by atoms with Gasteiger partial charge in [0, 0.05) is 18.3 Å². The number of aromatic nitrogens is 3. The van der Waals surface area contributed by atoms with Gasteiger partial charge in [-0.15, -0.1) is 0 Å². The van der Waals surface area contributed by atoms with Crippen molar-refractivity contribution in [2.75, 3.05) is 11.9 Å². The number of halogens is 3. The number of hydrogen-bond acceptors (Lipinski definition) is 6. The number of alkyl halides is 3. The molecule has 3 heterocycles. The number of nitrogens with one attached hydrogen (secondary N) is 1. The van der Waals surface area contributed by atoms with E-state index >= 15 is 0 Å². The topological polar surface area (TPSA) is 88.1 Å². The standard InChI is InChI=1S/C20H18F3N5O2S/c1-13-25-17-12-28(31(29,30)15-6-4-5-14(11-15)20(21,22)23)10-8-16(17)19(26-13)27-18-7-2-3-9-24-18/h2-7,9,11H,8,10,12H2,1H3,(H,24,25,26,27). The monoisotopic (exact) mass is 449 g/mol. The van der Waals surface area contributed by atoms with Crippen LogP contribution in [0.3, 0.4) is 0 Å². The molecule has 1 aliphatic heterocycles. The van der Waals surface area contributed by atoms with Gasteiger partial charge in [0.25, 0.3) is 0 Å². The molecule has 2 aromatic heterocycles. The van der Waals surface area contributed by atoms with Crippen LogP contribution in [-0.4, -0.2) is 34.2 Å². The first-order chi connectivity index (χ1) is 14.6. The van der Waals surface area contributed by atoms with Crippen LogP contribution < -0.4 is 5.32 Å². The van der Waals surface area contributed by atoms with E-state index in [1.807, 2.05) is 6.07 Å². The number of rotatable bonds is 4. The van der Waals surface area contributed by atoms with Gasteiger partial charge in [0.15, 0.2) is 0 Å². The molecule has 0 atom stereocenters. The molecular formula is C20H18F3N5O2S. The van der Waals surface area contributed by atoms with Crippen LogP contribution in [0.25, 0.3) is 0 Å². The Labute approximate surface area is 177 Å². The minimum atomic E-state index is -4.63. The van der Waals surface area contributed by atoms with Crippen molar-refractivity contribution in [2.24, 2.45) is 0 Å². The van der Waals surface area contributed by atoms with Gasteiger partial charge in [-0.2, -0.15) is 17.5 Å². The van der Waals surface area contributed by atoms with Crippen molar-refractivity contribution in [3.05, 3.63) is 71.3 Å². The smallest absolute Gasteiger partial charge is 0.325 e. The second kappa shape index (κ2) is 7.89. The number of hydrogen-bond donors (Lipinski definition) is 1.